The summed E-state index contributed by atoms with van der Waals surface area (Å²) in [5.41, 5.74) is 0. The van der Waals surface area contributed by atoms with E-state index in [1.54, 1.807) is 0 Å². The van der Waals surface area contributed by atoms with Crippen molar-refractivity contribution in [3.05, 3.63) is 0 Å². The number of carbonyl (C=O) groups is 2. The third kappa shape index (κ3) is 7.78. The van der Waals surface area contributed by atoms with Crippen molar-refractivity contribution in [1.82, 2.24) is 0 Å². The molecule has 0 atom stereocenters. The Morgan fingerprint density at radius 1 is 1.38 bits per heavy atom. The minimum Gasteiger partial charge on any atom is -0.465 e. The van der Waals surface area contributed by atoms with E-state index in [2.05, 4.69) is 0 Å². The molecule has 13 heavy (non-hydrogen) atoms. The first-order valence-corrected chi connectivity index (χ1v) is 4.83. The van der Waals surface area contributed by atoms with Crippen molar-refractivity contribution in [2.24, 2.45) is 5.92 Å². The van der Waals surface area contributed by atoms with Crippen LogP contribution < -0.4 is 0 Å². The Kier molecular flexibility index (Phi) is 6.59. The molecular formula is C9H15ClO3. The van der Waals surface area contributed by atoms with E-state index in [1.807, 2.05) is 13.8 Å². The summed E-state index contributed by atoms with van der Waals surface area (Å²) < 4.78 is 4.81. The van der Waals surface area contributed by atoms with E-state index < -0.39 is 5.97 Å². The number of Topliss-reactive ketones (excluding diaryl/α,β-unsaturated/α-hetero) is 1. The lowest BCUT2D eigenvalue weighted by Crippen LogP contribution is -2.13. The van der Waals surface area contributed by atoms with E-state index in [4.69, 9.17) is 16.3 Å². The lowest BCUT2D eigenvalue weighted by molar-refractivity contribution is -0.145. The van der Waals surface area contributed by atoms with Crippen LogP contribution in [-0.4, -0.2) is 24.2 Å². The summed E-state index contributed by atoms with van der Waals surface area (Å²) in [5, 5.41) is 0. The molecule has 0 aromatic rings. The summed E-state index contributed by atoms with van der Waals surface area (Å²) in [4.78, 5) is 21.6. The average Bonchev–Trinajstić information content (AvgIpc) is 2.03. The lowest BCUT2D eigenvalue weighted by Gasteiger charge is -2.05. The first-order chi connectivity index (χ1) is 6.06. The molecule has 0 aromatic heterocycles. The van der Waals surface area contributed by atoms with Crippen LogP contribution >= 0.6 is 11.6 Å². The summed E-state index contributed by atoms with van der Waals surface area (Å²) >= 11 is 5.22. The number of ketones is 1. The molecule has 3 nitrogen and oxygen atoms in total. The lowest BCUT2D eigenvalue weighted by atomic mass is 10.1. The average molecular weight is 207 g/mol. The zero-order valence-corrected chi connectivity index (χ0v) is 8.76. The molecule has 4 heteroatoms. The molecule has 0 fully saturated rings. The smallest absolute Gasteiger partial charge is 0.313 e. The molecule has 0 radical (unpaired) electrons. The zero-order chi connectivity index (χ0) is 10.3. The third-order valence-corrected chi connectivity index (χ3v) is 1.75. The molecule has 0 rings (SSSR count). The van der Waals surface area contributed by atoms with Crippen LogP contribution in [-0.2, 0) is 14.3 Å². The van der Waals surface area contributed by atoms with Gasteiger partial charge in [-0.25, -0.2) is 0 Å². The van der Waals surface area contributed by atoms with Gasteiger partial charge in [-0.05, 0) is 12.3 Å². The number of rotatable bonds is 6. The number of alkyl halides is 1. The van der Waals surface area contributed by atoms with E-state index in [0.29, 0.717) is 12.5 Å². The Morgan fingerprint density at radius 2 is 2.00 bits per heavy atom. The van der Waals surface area contributed by atoms with Crippen LogP contribution in [0.4, 0.5) is 0 Å². The highest BCUT2D eigenvalue weighted by Crippen LogP contribution is 2.00. The topological polar surface area (TPSA) is 43.4 Å². The molecule has 0 spiro atoms. The Balaban J connectivity index is 3.46. The van der Waals surface area contributed by atoms with Crippen molar-refractivity contribution in [2.45, 2.75) is 26.7 Å². The molecule has 0 saturated carbocycles. The van der Waals surface area contributed by atoms with E-state index in [9.17, 15) is 9.59 Å². The van der Waals surface area contributed by atoms with Crippen molar-refractivity contribution in [2.75, 3.05) is 12.5 Å². The van der Waals surface area contributed by atoms with Gasteiger partial charge in [0.1, 0.15) is 6.42 Å². The molecule has 0 aliphatic carbocycles. The maximum Gasteiger partial charge on any atom is 0.313 e. The van der Waals surface area contributed by atoms with E-state index in [1.165, 1.54) is 0 Å². The fourth-order valence-electron chi connectivity index (χ4n) is 0.668. The second kappa shape index (κ2) is 6.89. The first-order valence-electron chi connectivity index (χ1n) is 4.29. The predicted octanol–water partition coefficient (Wildman–Crippen LogP) is 1.77. The van der Waals surface area contributed by atoms with Crippen LogP contribution in [0.15, 0.2) is 0 Å². The summed E-state index contributed by atoms with van der Waals surface area (Å²) in [7, 11) is 0. The summed E-state index contributed by atoms with van der Waals surface area (Å²) in [6.45, 7) is 4.46. The fourth-order valence-corrected chi connectivity index (χ4v) is 0.762. The van der Waals surface area contributed by atoms with Gasteiger partial charge in [0.05, 0.1) is 12.5 Å². The molecule has 76 valence electrons. The van der Waals surface area contributed by atoms with Crippen LogP contribution in [0.5, 0.6) is 0 Å². The van der Waals surface area contributed by atoms with E-state index >= 15 is 0 Å². The SMILES string of the molecule is CC(C)CCOC(=O)CC(=O)CCl. The highest BCUT2D eigenvalue weighted by atomic mass is 35.5. The van der Waals surface area contributed by atoms with Crippen molar-refractivity contribution < 1.29 is 14.3 Å². The van der Waals surface area contributed by atoms with Gasteiger partial charge in [-0.15, -0.1) is 11.6 Å². The van der Waals surface area contributed by atoms with Gasteiger partial charge in [-0.2, -0.15) is 0 Å². The van der Waals surface area contributed by atoms with Crippen molar-refractivity contribution >= 4 is 23.4 Å². The summed E-state index contributed by atoms with van der Waals surface area (Å²) in [5.74, 6) is -0.404. The van der Waals surface area contributed by atoms with Crippen molar-refractivity contribution in [3.8, 4) is 0 Å². The van der Waals surface area contributed by atoms with Crippen LogP contribution in [0.3, 0.4) is 0 Å². The van der Waals surface area contributed by atoms with Gasteiger partial charge < -0.3 is 4.74 Å². The molecule has 0 amide bonds. The Labute approximate surface area is 83.4 Å². The van der Waals surface area contributed by atoms with Gasteiger partial charge in [-0.1, -0.05) is 13.8 Å². The monoisotopic (exact) mass is 206 g/mol. The van der Waals surface area contributed by atoms with Crippen molar-refractivity contribution in [1.29, 1.82) is 0 Å². The minimum atomic E-state index is -0.480. The van der Waals surface area contributed by atoms with Gasteiger partial charge in [0, 0.05) is 0 Å². The van der Waals surface area contributed by atoms with Crippen LogP contribution in [0, 0.1) is 5.92 Å². The molecule has 0 N–H and O–H groups in total. The Morgan fingerprint density at radius 3 is 2.46 bits per heavy atom. The molecular weight excluding hydrogens is 192 g/mol. The Bertz CT molecular complexity index is 178. The molecule has 0 aliphatic heterocycles. The second-order valence-electron chi connectivity index (χ2n) is 3.25. The van der Waals surface area contributed by atoms with Gasteiger partial charge in [0.15, 0.2) is 5.78 Å². The van der Waals surface area contributed by atoms with Crippen molar-refractivity contribution in [3.63, 3.8) is 0 Å². The summed E-state index contributed by atoms with van der Waals surface area (Å²) in [6.07, 6.45) is 0.613. The van der Waals surface area contributed by atoms with E-state index in [0.717, 1.165) is 6.42 Å². The molecule has 0 aliphatic rings. The highest BCUT2D eigenvalue weighted by molar-refractivity contribution is 6.28. The van der Waals surface area contributed by atoms with Gasteiger partial charge in [0.25, 0.3) is 0 Å². The number of carbonyl (C=O) groups excluding carboxylic acids is 2. The number of hydrogen-bond donors (Lipinski definition) is 0. The molecule has 0 saturated heterocycles. The molecule has 0 unspecified atom stereocenters. The Hall–Kier alpha value is -0.570. The van der Waals surface area contributed by atoms with Crippen LogP contribution in [0.25, 0.3) is 0 Å². The van der Waals surface area contributed by atoms with Gasteiger partial charge in [-0.3, -0.25) is 9.59 Å². The maximum atomic E-state index is 10.9. The van der Waals surface area contributed by atoms with Crippen LogP contribution in [0.2, 0.25) is 0 Å². The molecule has 0 heterocycles. The maximum absolute atomic E-state index is 10.9. The normalized spacial score (nSPS) is 10.2. The quantitative estimate of drug-likeness (QED) is 0.378. The number of halogens is 1. The predicted molar refractivity (Wildman–Crippen MR) is 50.8 cm³/mol. The molecule has 0 aromatic carbocycles. The minimum absolute atomic E-state index is 0.126. The fraction of sp³-hybridized carbons (Fsp3) is 0.778. The second-order valence-corrected chi connectivity index (χ2v) is 3.52. The number of ether oxygens (including phenoxy) is 1. The van der Waals surface area contributed by atoms with Gasteiger partial charge >= 0.3 is 5.97 Å². The number of esters is 1. The standard InChI is InChI=1S/C9H15ClO3/c1-7(2)3-4-13-9(12)5-8(11)6-10/h7H,3-6H2,1-2H3. The zero-order valence-electron chi connectivity index (χ0n) is 8.01. The number of hydrogen-bond acceptors (Lipinski definition) is 3. The van der Waals surface area contributed by atoms with Gasteiger partial charge in [0.2, 0.25) is 0 Å². The largest absolute Gasteiger partial charge is 0.465 e. The summed E-state index contributed by atoms with van der Waals surface area (Å²) in [6, 6.07) is 0. The third-order valence-electron chi connectivity index (χ3n) is 1.45. The highest BCUT2D eigenvalue weighted by Gasteiger charge is 2.09. The van der Waals surface area contributed by atoms with Crippen LogP contribution in [0.1, 0.15) is 26.7 Å². The van der Waals surface area contributed by atoms with E-state index in [-0.39, 0.29) is 18.1 Å². The first kappa shape index (κ1) is 12.4. The molecule has 0 bridgehead atoms.